The van der Waals surface area contributed by atoms with E-state index in [0.29, 0.717) is 0 Å². The molecule has 2 rings (SSSR count). The molecule has 2 aromatic carbocycles. The Morgan fingerprint density at radius 2 is 1.57 bits per heavy atom. The zero-order valence-corrected chi connectivity index (χ0v) is 22.8. The third-order valence-electron chi connectivity index (χ3n) is 5.25. The van der Waals surface area contributed by atoms with E-state index >= 15 is 0 Å². The van der Waals surface area contributed by atoms with Crippen LogP contribution in [-0.2, 0) is 32.1 Å². The van der Waals surface area contributed by atoms with Crippen LogP contribution in [0, 0.1) is 10.1 Å². The van der Waals surface area contributed by atoms with E-state index < -0.39 is 46.6 Å². The number of aliphatic imine (C=N–C) groups is 1. The predicted octanol–water partition coefficient (Wildman–Crippen LogP) is 2.23. The van der Waals surface area contributed by atoms with E-state index in [1.807, 2.05) is 36.4 Å². The Bertz CT molecular complexity index is 1150. The van der Waals surface area contributed by atoms with Crippen LogP contribution < -0.4 is 21.8 Å². The number of nitrogens with one attached hydrogen (secondary N) is 3. The monoisotopic (exact) mass is 556 g/mol. The van der Waals surface area contributed by atoms with Gasteiger partial charge in [0.2, 0.25) is 5.91 Å². The van der Waals surface area contributed by atoms with Crippen molar-refractivity contribution in [3.8, 4) is 0 Å². The molecule has 216 valence electrons. The van der Waals surface area contributed by atoms with Gasteiger partial charge in [-0.2, -0.15) is 0 Å². The van der Waals surface area contributed by atoms with Crippen LogP contribution in [0.5, 0.6) is 0 Å². The maximum absolute atomic E-state index is 13.3. The summed E-state index contributed by atoms with van der Waals surface area (Å²) in [6.45, 7) is 5.19. The molecule has 0 unspecified atom stereocenters. The molecule has 0 aliphatic heterocycles. The quantitative estimate of drug-likeness (QED) is 0.0716. The van der Waals surface area contributed by atoms with Crippen molar-refractivity contribution >= 4 is 23.9 Å². The smallest absolute Gasteiger partial charge is 0.408 e. The highest BCUT2D eigenvalue weighted by atomic mass is 16.7. The van der Waals surface area contributed by atoms with Gasteiger partial charge in [0.05, 0.1) is 0 Å². The molecule has 0 bridgehead atoms. The van der Waals surface area contributed by atoms with Crippen molar-refractivity contribution in [2.45, 2.75) is 64.3 Å². The fourth-order valence-corrected chi connectivity index (χ4v) is 3.49. The summed E-state index contributed by atoms with van der Waals surface area (Å²) < 4.78 is 10.8. The van der Waals surface area contributed by atoms with E-state index in [-0.39, 0.29) is 32.4 Å². The van der Waals surface area contributed by atoms with E-state index in [2.05, 4.69) is 15.6 Å². The van der Waals surface area contributed by atoms with Crippen LogP contribution in [-0.4, -0.2) is 53.2 Å². The molecule has 0 aromatic heterocycles. The van der Waals surface area contributed by atoms with Crippen LogP contribution in [0.1, 0.15) is 44.7 Å². The fourth-order valence-electron chi connectivity index (χ4n) is 3.49. The number of guanidine groups is 1. The standard InChI is InChI=1S/C27H36N6O7/c1-27(2,3)40-24(35)22(17-19-11-6-4-7-12-19)30-23(34)21(15-10-16-29-25(28)32-33(37)38)31-26(36)39-18-20-13-8-5-9-14-20/h4-9,11-14,21-22H,10,15-18H2,1-3H3,(H,30,34)(H,31,36)(H3,28,29,32)/t21-,22+/m1/s1. The molecule has 0 saturated carbocycles. The summed E-state index contributed by atoms with van der Waals surface area (Å²) in [6, 6.07) is 16.0. The zero-order chi connectivity index (χ0) is 29.5. The second kappa shape index (κ2) is 15.7. The number of hydrogen-bond donors (Lipinski definition) is 4. The fraction of sp³-hybridized carbons (Fsp3) is 0.407. The Morgan fingerprint density at radius 3 is 2.15 bits per heavy atom. The molecule has 2 aromatic rings. The normalized spacial score (nSPS) is 12.9. The largest absolute Gasteiger partial charge is 0.458 e. The molecule has 0 saturated heterocycles. The number of nitro groups is 1. The van der Waals surface area contributed by atoms with Crippen molar-refractivity contribution in [1.82, 2.24) is 16.1 Å². The van der Waals surface area contributed by atoms with Crippen LogP contribution in [0.3, 0.4) is 0 Å². The van der Waals surface area contributed by atoms with Crippen LogP contribution in [0.4, 0.5) is 4.79 Å². The second-order valence-corrected chi connectivity index (χ2v) is 9.82. The Hall–Kier alpha value is -4.68. The average Bonchev–Trinajstić information content (AvgIpc) is 2.88. The Morgan fingerprint density at radius 1 is 0.975 bits per heavy atom. The first-order chi connectivity index (χ1) is 18.9. The topological polar surface area (TPSA) is 187 Å². The molecular weight excluding hydrogens is 520 g/mol. The summed E-state index contributed by atoms with van der Waals surface area (Å²) in [7, 11) is 0. The van der Waals surface area contributed by atoms with E-state index in [1.165, 1.54) is 0 Å². The number of carbonyl (C=O) groups excluding carboxylic acids is 3. The number of hydrogen-bond acceptors (Lipinski definition) is 8. The maximum atomic E-state index is 13.3. The van der Waals surface area contributed by atoms with Gasteiger partial charge in [-0.15, -0.1) is 0 Å². The lowest BCUT2D eigenvalue weighted by molar-refractivity contribution is -0.525. The molecule has 13 nitrogen and oxygen atoms in total. The van der Waals surface area contributed by atoms with E-state index in [4.69, 9.17) is 15.2 Å². The van der Waals surface area contributed by atoms with Crippen molar-refractivity contribution < 1.29 is 28.9 Å². The average molecular weight is 557 g/mol. The minimum Gasteiger partial charge on any atom is -0.458 e. The zero-order valence-electron chi connectivity index (χ0n) is 22.8. The van der Waals surface area contributed by atoms with Gasteiger partial charge in [-0.1, -0.05) is 66.1 Å². The Kier molecular flexibility index (Phi) is 12.4. The van der Waals surface area contributed by atoms with E-state index in [1.54, 1.807) is 50.5 Å². The highest BCUT2D eigenvalue weighted by molar-refractivity contribution is 5.90. The van der Waals surface area contributed by atoms with Gasteiger partial charge in [0.25, 0.3) is 5.96 Å². The van der Waals surface area contributed by atoms with Crippen molar-refractivity contribution in [3.63, 3.8) is 0 Å². The molecule has 0 spiro atoms. The number of nitrogens with zero attached hydrogens (tertiary/aromatic N) is 2. The number of rotatable bonds is 13. The third-order valence-corrected chi connectivity index (χ3v) is 5.25. The van der Waals surface area contributed by atoms with Gasteiger partial charge >= 0.3 is 12.1 Å². The summed E-state index contributed by atoms with van der Waals surface area (Å²) in [5, 5.41) is 14.9. The first kappa shape index (κ1) is 31.5. The highest BCUT2D eigenvalue weighted by Crippen LogP contribution is 2.12. The van der Waals surface area contributed by atoms with Gasteiger partial charge in [0, 0.05) is 13.0 Å². The third kappa shape index (κ3) is 12.7. The molecule has 0 heterocycles. The number of alkyl carbamates (subject to hydrolysis) is 1. The first-order valence-corrected chi connectivity index (χ1v) is 12.7. The lowest BCUT2D eigenvalue weighted by atomic mass is 10.0. The Labute approximate surface area is 232 Å². The number of carbonyl (C=O) groups is 3. The highest BCUT2D eigenvalue weighted by Gasteiger charge is 2.30. The lowest BCUT2D eigenvalue weighted by Gasteiger charge is -2.26. The maximum Gasteiger partial charge on any atom is 0.408 e. The van der Waals surface area contributed by atoms with Gasteiger partial charge in [-0.25, -0.2) is 24.7 Å². The van der Waals surface area contributed by atoms with Gasteiger partial charge in [-0.3, -0.25) is 4.79 Å². The molecular formula is C27H36N6O7. The number of esters is 1. The van der Waals surface area contributed by atoms with E-state index in [0.717, 1.165) is 11.1 Å². The van der Waals surface area contributed by atoms with E-state index in [9.17, 15) is 24.5 Å². The molecule has 5 N–H and O–H groups in total. The SMILES string of the molecule is CC(C)(C)OC(=O)[C@H](Cc1ccccc1)NC(=O)[C@@H](CCCN=C(N)N[N+](=O)[O-])NC(=O)OCc1ccccc1. The predicted molar refractivity (Wildman–Crippen MR) is 147 cm³/mol. The summed E-state index contributed by atoms with van der Waals surface area (Å²) in [5.74, 6) is -1.66. The number of nitrogens with two attached hydrogens (primary N) is 1. The number of ether oxygens (including phenoxy) is 2. The van der Waals surface area contributed by atoms with Crippen LogP contribution >= 0.6 is 0 Å². The summed E-state index contributed by atoms with van der Waals surface area (Å²) in [5.41, 5.74) is 7.93. The minimum absolute atomic E-state index is 0.0110. The van der Waals surface area contributed by atoms with Crippen molar-refractivity contribution in [2.24, 2.45) is 10.7 Å². The minimum atomic E-state index is -1.11. The molecule has 2 atom stereocenters. The first-order valence-electron chi connectivity index (χ1n) is 12.7. The van der Waals surface area contributed by atoms with Crippen molar-refractivity contribution in [3.05, 3.63) is 81.9 Å². The molecule has 2 amide bonds. The Balaban J connectivity index is 2.14. The molecule has 13 heteroatoms. The van der Waals surface area contributed by atoms with Crippen molar-refractivity contribution in [1.29, 1.82) is 0 Å². The molecule has 0 aliphatic rings. The number of hydrazine groups is 1. The van der Waals surface area contributed by atoms with Gasteiger partial charge in [0.1, 0.15) is 24.3 Å². The van der Waals surface area contributed by atoms with Crippen LogP contribution in [0.25, 0.3) is 0 Å². The molecule has 40 heavy (non-hydrogen) atoms. The molecule has 0 fully saturated rings. The molecule has 0 radical (unpaired) electrons. The van der Waals surface area contributed by atoms with Gasteiger partial charge < -0.3 is 25.8 Å². The lowest BCUT2D eigenvalue weighted by Crippen LogP contribution is -2.53. The summed E-state index contributed by atoms with van der Waals surface area (Å²) >= 11 is 0. The van der Waals surface area contributed by atoms with Crippen molar-refractivity contribution in [2.75, 3.05) is 6.54 Å². The number of benzene rings is 2. The number of amides is 2. The van der Waals surface area contributed by atoms with Crippen LogP contribution in [0.2, 0.25) is 0 Å². The molecule has 0 aliphatic carbocycles. The summed E-state index contributed by atoms with van der Waals surface area (Å²) in [4.78, 5) is 53.2. The van der Waals surface area contributed by atoms with Crippen LogP contribution in [0.15, 0.2) is 65.7 Å². The van der Waals surface area contributed by atoms with Gasteiger partial charge in [-0.05, 0) is 44.7 Å². The van der Waals surface area contributed by atoms with Gasteiger partial charge in [0.15, 0.2) is 5.03 Å². The summed E-state index contributed by atoms with van der Waals surface area (Å²) in [6.07, 6.45) is -0.361. The second-order valence-electron chi connectivity index (χ2n) is 9.82.